The summed E-state index contributed by atoms with van der Waals surface area (Å²) in [4.78, 5) is 1.48. The van der Waals surface area contributed by atoms with Crippen LogP contribution < -0.4 is 9.64 Å². The molecular formula is C20H23ClN5O3S2+. The van der Waals surface area contributed by atoms with Crippen molar-refractivity contribution in [3.05, 3.63) is 64.7 Å². The van der Waals surface area contributed by atoms with Crippen LogP contribution in [-0.2, 0) is 16.7 Å². The minimum atomic E-state index is -3.52. The van der Waals surface area contributed by atoms with Gasteiger partial charge in [-0.15, -0.1) is 0 Å². The fraction of sp³-hybridized carbons (Fsp3) is 0.300. The Morgan fingerprint density at radius 3 is 2.55 bits per heavy atom. The third-order valence-corrected chi connectivity index (χ3v) is 7.89. The highest BCUT2D eigenvalue weighted by Gasteiger charge is 2.30. The summed E-state index contributed by atoms with van der Waals surface area (Å²) in [5.41, 5.74) is 0.879. The van der Waals surface area contributed by atoms with E-state index in [0.717, 1.165) is 11.4 Å². The number of hydrogen-bond acceptors (Lipinski definition) is 5. The number of methoxy groups -OCH3 is 1. The van der Waals surface area contributed by atoms with Gasteiger partial charge in [0.1, 0.15) is 12.1 Å². The fourth-order valence-corrected chi connectivity index (χ4v) is 5.38. The summed E-state index contributed by atoms with van der Waals surface area (Å²) in [6, 6.07) is 13.9. The molecule has 164 valence electrons. The molecule has 0 amide bonds. The lowest BCUT2D eigenvalue weighted by atomic mass is 10.3. The molecule has 0 radical (unpaired) electrons. The maximum atomic E-state index is 12.9. The summed E-state index contributed by atoms with van der Waals surface area (Å²) in [6.07, 6.45) is 1.69. The van der Waals surface area contributed by atoms with Gasteiger partial charge in [0.05, 0.1) is 43.9 Å². The lowest BCUT2D eigenvalue weighted by Crippen LogP contribution is -3.14. The second-order valence-corrected chi connectivity index (χ2v) is 9.99. The van der Waals surface area contributed by atoms with E-state index in [9.17, 15) is 8.42 Å². The molecule has 1 aromatic heterocycles. The first-order valence-corrected chi connectivity index (χ1v) is 12.0. The van der Waals surface area contributed by atoms with Crippen LogP contribution in [0.3, 0.4) is 0 Å². The summed E-state index contributed by atoms with van der Waals surface area (Å²) < 4.78 is 36.7. The molecule has 1 aliphatic heterocycles. The monoisotopic (exact) mass is 480 g/mol. The molecule has 8 nitrogen and oxygen atoms in total. The van der Waals surface area contributed by atoms with Crippen LogP contribution in [0.25, 0.3) is 5.69 Å². The van der Waals surface area contributed by atoms with Crippen molar-refractivity contribution in [3.63, 3.8) is 0 Å². The summed E-state index contributed by atoms with van der Waals surface area (Å²) in [5.74, 6) is 0.746. The molecule has 31 heavy (non-hydrogen) atoms. The predicted molar refractivity (Wildman–Crippen MR) is 120 cm³/mol. The minimum Gasteiger partial charge on any atom is -0.497 e. The molecule has 11 heteroatoms. The van der Waals surface area contributed by atoms with E-state index >= 15 is 0 Å². The quantitative estimate of drug-likeness (QED) is 0.543. The minimum absolute atomic E-state index is 0.264. The van der Waals surface area contributed by atoms with E-state index in [0.29, 0.717) is 42.6 Å². The summed E-state index contributed by atoms with van der Waals surface area (Å²) in [5, 5.41) is 4.95. The van der Waals surface area contributed by atoms with Crippen molar-refractivity contribution in [2.75, 3.05) is 33.3 Å². The predicted octanol–water partition coefficient (Wildman–Crippen LogP) is 1.61. The van der Waals surface area contributed by atoms with Crippen molar-refractivity contribution in [3.8, 4) is 11.4 Å². The van der Waals surface area contributed by atoms with Crippen LogP contribution in [0, 0.1) is 4.77 Å². The van der Waals surface area contributed by atoms with Crippen molar-refractivity contribution in [2.45, 2.75) is 11.6 Å². The first kappa shape index (κ1) is 22.0. The van der Waals surface area contributed by atoms with Crippen molar-refractivity contribution in [2.24, 2.45) is 0 Å². The van der Waals surface area contributed by atoms with Gasteiger partial charge in [-0.05, 0) is 48.6 Å². The van der Waals surface area contributed by atoms with Gasteiger partial charge in [-0.1, -0.05) is 17.7 Å². The highest BCUT2D eigenvalue weighted by atomic mass is 35.5. The topological polar surface area (TPSA) is 73.8 Å². The van der Waals surface area contributed by atoms with Crippen molar-refractivity contribution < 1.29 is 18.1 Å². The van der Waals surface area contributed by atoms with E-state index in [1.807, 2.05) is 28.8 Å². The van der Waals surface area contributed by atoms with Crippen LogP contribution in [0.2, 0.25) is 5.02 Å². The Kier molecular flexibility index (Phi) is 6.44. The zero-order valence-corrected chi connectivity index (χ0v) is 19.3. The molecule has 1 aliphatic rings. The molecule has 0 bridgehead atoms. The molecule has 4 rings (SSSR count). The average Bonchev–Trinajstić information content (AvgIpc) is 3.14. The maximum Gasteiger partial charge on any atom is 0.243 e. The Morgan fingerprint density at radius 1 is 1.16 bits per heavy atom. The number of ether oxygens (including phenoxy) is 1. The van der Waals surface area contributed by atoms with E-state index < -0.39 is 10.0 Å². The van der Waals surface area contributed by atoms with Gasteiger partial charge in [0.25, 0.3) is 0 Å². The lowest BCUT2D eigenvalue weighted by Gasteiger charge is -2.31. The third kappa shape index (κ3) is 4.68. The van der Waals surface area contributed by atoms with Crippen molar-refractivity contribution >= 4 is 33.8 Å². The number of piperazine rings is 1. The Labute approximate surface area is 191 Å². The van der Waals surface area contributed by atoms with E-state index in [2.05, 4.69) is 5.10 Å². The molecular weight excluding hydrogens is 458 g/mol. The van der Waals surface area contributed by atoms with Crippen LogP contribution in [0.5, 0.6) is 5.75 Å². The first-order chi connectivity index (χ1) is 14.9. The van der Waals surface area contributed by atoms with E-state index in [4.69, 9.17) is 28.6 Å². The number of nitrogens with zero attached hydrogens (tertiary/aromatic N) is 4. The highest BCUT2D eigenvalue weighted by Crippen LogP contribution is 2.19. The van der Waals surface area contributed by atoms with Gasteiger partial charge in [-0.3, -0.25) is 4.57 Å². The fourth-order valence-electron chi connectivity index (χ4n) is 3.55. The normalized spacial score (nSPS) is 15.8. The Hall–Kier alpha value is -2.24. The van der Waals surface area contributed by atoms with Gasteiger partial charge >= 0.3 is 0 Å². The first-order valence-electron chi connectivity index (χ1n) is 9.76. The largest absolute Gasteiger partial charge is 0.497 e. The second kappa shape index (κ2) is 9.09. The van der Waals surface area contributed by atoms with Crippen molar-refractivity contribution in [1.29, 1.82) is 0 Å². The second-order valence-electron chi connectivity index (χ2n) is 7.25. The Bertz CT molecular complexity index is 1220. The lowest BCUT2D eigenvalue weighted by molar-refractivity contribution is -0.926. The number of rotatable bonds is 6. The van der Waals surface area contributed by atoms with Crippen LogP contribution in [-0.4, -0.2) is 60.4 Å². The van der Waals surface area contributed by atoms with E-state index in [-0.39, 0.29) is 4.90 Å². The molecule has 2 heterocycles. The number of benzene rings is 2. The molecule has 0 atom stereocenters. The number of aromatic nitrogens is 3. The molecule has 1 N–H and O–H groups in total. The SMILES string of the molecule is COc1cccc(-n2cnn(C[NH+]3CCN(S(=O)(=O)c4ccc(Cl)cc4)CC3)c2=S)c1. The maximum absolute atomic E-state index is 12.9. The molecule has 0 unspecified atom stereocenters. The molecule has 0 saturated carbocycles. The van der Waals surface area contributed by atoms with Crippen molar-refractivity contribution in [1.82, 2.24) is 18.7 Å². The summed E-state index contributed by atoms with van der Waals surface area (Å²) >= 11 is 11.5. The van der Waals surface area contributed by atoms with Crippen LogP contribution in [0.15, 0.2) is 59.8 Å². The van der Waals surface area contributed by atoms with Gasteiger partial charge in [-0.25, -0.2) is 8.42 Å². The summed E-state index contributed by atoms with van der Waals surface area (Å²) in [7, 11) is -1.90. The number of hydrogen-bond donors (Lipinski definition) is 1. The van der Waals surface area contributed by atoms with Crippen LogP contribution >= 0.6 is 23.8 Å². The average molecular weight is 481 g/mol. The third-order valence-electron chi connectivity index (χ3n) is 5.32. The molecule has 0 aliphatic carbocycles. The molecule has 3 aromatic rings. The van der Waals surface area contributed by atoms with Gasteiger partial charge in [0.2, 0.25) is 14.8 Å². The van der Waals surface area contributed by atoms with Gasteiger partial charge in [0.15, 0.2) is 6.67 Å². The van der Waals surface area contributed by atoms with E-state index in [1.54, 1.807) is 42.4 Å². The van der Waals surface area contributed by atoms with Gasteiger partial charge < -0.3 is 9.64 Å². The Morgan fingerprint density at radius 2 is 1.87 bits per heavy atom. The number of quaternary nitrogens is 1. The molecule has 0 spiro atoms. The number of nitrogens with one attached hydrogen (secondary N) is 1. The van der Waals surface area contributed by atoms with Gasteiger partial charge in [-0.2, -0.15) is 14.1 Å². The molecule has 1 fully saturated rings. The van der Waals surface area contributed by atoms with Gasteiger partial charge in [0, 0.05) is 11.1 Å². The molecule has 1 saturated heterocycles. The Balaban J connectivity index is 1.42. The number of halogens is 1. The van der Waals surface area contributed by atoms with E-state index in [1.165, 1.54) is 9.21 Å². The number of sulfonamides is 1. The smallest absolute Gasteiger partial charge is 0.243 e. The highest BCUT2D eigenvalue weighted by molar-refractivity contribution is 7.89. The zero-order valence-electron chi connectivity index (χ0n) is 16.9. The molecule has 2 aromatic carbocycles. The standard InChI is InChI=1S/C20H22ClN5O3S2/c1-29-18-4-2-3-17(13-18)25-14-22-26(20(25)30)15-23-9-11-24(12-10-23)31(27,28)19-7-5-16(21)6-8-19/h2-8,13-14H,9-12,15H2,1H3/p+1. The summed E-state index contributed by atoms with van der Waals surface area (Å²) in [6.45, 7) is 2.78. The van der Waals surface area contributed by atoms with Crippen LogP contribution in [0.4, 0.5) is 0 Å². The zero-order chi connectivity index (χ0) is 22.0. The van der Waals surface area contributed by atoms with Crippen LogP contribution in [0.1, 0.15) is 0 Å².